The number of carbonyl (C=O) groups is 1. The van der Waals surface area contributed by atoms with Crippen LogP contribution in [0.25, 0.3) is 10.9 Å². The number of amides is 1. The molecule has 6 nitrogen and oxygen atoms in total. The molecule has 3 aromatic rings. The van der Waals surface area contributed by atoms with Crippen LogP contribution in [-0.4, -0.2) is 46.5 Å². The fourth-order valence-corrected chi connectivity index (χ4v) is 4.38. The summed E-state index contributed by atoms with van der Waals surface area (Å²) in [5, 5.41) is 0.565. The second-order valence-electron chi connectivity index (χ2n) is 7.97. The van der Waals surface area contributed by atoms with E-state index in [0.717, 1.165) is 32.4 Å². The van der Waals surface area contributed by atoms with Crippen LogP contribution >= 0.6 is 12.2 Å². The van der Waals surface area contributed by atoms with Gasteiger partial charge in [0.15, 0.2) is 4.77 Å². The van der Waals surface area contributed by atoms with Crippen LogP contribution in [0.1, 0.15) is 36.5 Å². The Hall–Kier alpha value is -2.93. The van der Waals surface area contributed by atoms with E-state index in [4.69, 9.17) is 12.2 Å². The standard InChI is InChI=1S/C24H28N4O2S/c1-2-3-7-12-28-23(30)20-11-10-18(17-21(20)25-24(28)31)22(29)27-15-13-26(14-16-27)19-8-5-4-6-9-19/h4-6,8-11,17H,2-3,7,12-16H2,1H3,(H,25,31). The topological polar surface area (TPSA) is 61.3 Å². The van der Waals surface area contributed by atoms with Crippen molar-refractivity contribution in [2.75, 3.05) is 31.1 Å². The maximum absolute atomic E-state index is 13.1. The number of fused-ring (bicyclic) bond motifs is 1. The molecule has 0 unspecified atom stereocenters. The molecule has 1 aromatic heterocycles. The minimum atomic E-state index is -0.0923. The molecule has 4 rings (SSSR count). The number of carbonyl (C=O) groups excluding carboxylic acids is 1. The fraction of sp³-hybridized carbons (Fsp3) is 0.375. The SMILES string of the molecule is CCCCCn1c(=S)[nH]c2cc(C(=O)N3CCN(c4ccccc4)CC3)ccc2c1=O. The molecule has 0 radical (unpaired) electrons. The molecule has 0 bridgehead atoms. The first-order valence-corrected chi connectivity index (χ1v) is 11.4. The Labute approximate surface area is 187 Å². The molecular weight excluding hydrogens is 408 g/mol. The summed E-state index contributed by atoms with van der Waals surface area (Å²) in [7, 11) is 0. The zero-order valence-electron chi connectivity index (χ0n) is 17.8. The highest BCUT2D eigenvalue weighted by atomic mass is 32.1. The third-order valence-corrected chi connectivity index (χ3v) is 6.22. The first-order valence-electron chi connectivity index (χ1n) is 10.9. The van der Waals surface area contributed by atoms with Crippen molar-refractivity contribution in [3.63, 3.8) is 0 Å². The number of hydrogen-bond donors (Lipinski definition) is 1. The largest absolute Gasteiger partial charge is 0.368 e. The van der Waals surface area contributed by atoms with E-state index in [2.05, 4.69) is 28.9 Å². The molecule has 0 saturated carbocycles. The fourth-order valence-electron chi connectivity index (χ4n) is 4.10. The molecule has 1 N–H and O–H groups in total. The van der Waals surface area contributed by atoms with Gasteiger partial charge < -0.3 is 14.8 Å². The van der Waals surface area contributed by atoms with Crippen LogP contribution in [0.15, 0.2) is 53.3 Å². The molecule has 2 aromatic carbocycles. The van der Waals surface area contributed by atoms with Gasteiger partial charge in [0, 0.05) is 44.0 Å². The number of hydrogen-bond acceptors (Lipinski definition) is 4. The van der Waals surface area contributed by atoms with Gasteiger partial charge in [-0.3, -0.25) is 14.2 Å². The van der Waals surface area contributed by atoms with Gasteiger partial charge in [0.25, 0.3) is 11.5 Å². The van der Waals surface area contributed by atoms with Crippen molar-refractivity contribution in [1.29, 1.82) is 0 Å². The van der Waals surface area contributed by atoms with Gasteiger partial charge in [0.1, 0.15) is 0 Å². The Kier molecular flexibility index (Phi) is 6.51. The minimum absolute atomic E-state index is 0.0129. The number of nitrogens with zero attached hydrogens (tertiary/aromatic N) is 3. The maximum atomic E-state index is 13.1. The number of para-hydroxylation sites is 1. The van der Waals surface area contributed by atoms with Crippen molar-refractivity contribution in [1.82, 2.24) is 14.5 Å². The van der Waals surface area contributed by atoms with Gasteiger partial charge >= 0.3 is 0 Å². The van der Waals surface area contributed by atoms with E-state index in [1.807, 2.05) is 23.1 Å². The molecular formula is C24H28N4O2S. The van der Waals surface area contributed by atoms with Crippen LogP contribution < -0.4 is 10.5 Å². The van der Waals surface area contributed by atoms with Crippen molar-refractivity contribution in [3.05, 3.63) is 69.2 Å². The monoisotopic (exact) mass is 436 g/mol. The number of nitrogens with one attached hydrogen (secondary N) is 1. The lowest BCUT2D eigenvalue weighted by Crippen LogP contribution is -2.48. The van der Waals surface area contributed by atoms with Crippen molar-refractivity contribution >= 4 is 34.7 Å². The van der Waals surface area contributed by atoms with Gasteiger partial charge in [0.05, 0.1) is 10.9 Å². The molecule has 1 aliphatic rings. The Morgan fingerprint density at radius 3 is 2.48 bits per heavy atom. The number of unbranched alkanes of at least 4 members (excludes halogenated alkanes) is 2. The molecule has 2 heterocycles. The third-order valence-electron chi connectivity index (χ3n) is 5.90. The van der Waals surface area contributed by atoms with Gasteiger partial charge in [-0.05, 0) is 49.0 Å². The van der Waals surface area contributed by atoms with E-state index in [1.54, 1.807) is 22.8 Å². The van der Waals surface area contributed by atoms with E-state index >= 15 is 0 Å². The molecule has 31 heavy (non-hydrogen) atoms. The summed E-state index contributed by atoms with van der Waals surface area (Å²) < 4.78 is 2.03. The number of anilines is 1. The summed E-state index contributed by atoms with van der Waals surface area (Å²) in [6.07, 6.45) is 3.07. The van der Waals surface area contributed by atoms with Crippen molar-refractivity contribution < 1.29 is 4.79 Å². The Balaban J connectivity index is 1.51. The van der Waals surface area contributed by atoms with Crippen LogP contribution in [0.3, 0.4) is 0 Å². The lowest BCUT2D eigenvalue weighted by Gasteiger charge is -2.36. The van der Waals surface area contributed by atoms with Gasteiger partial charge in [-0.25, -0.2) is 0 Å². The number of rotatable bonds is 6. The molecule has 1 saturated heterocycles. The second kappa shape index (κ2) is 9.47. The summed E-state index contributed by atoms with van der Waals surface area (Å²) in [4.78, 5) is 33.3. The number of piperazine rings is 1. The van der Waals surface area contributed by atoms with Crippen LogP contribution in [0, 0.1) is 4.77 Å². The molecule has 0 spiro atoms. The van der Waals surface area contributed by atoms with Gasteiger partial charge in [-0.15, -0.1) is 0 Å². The van der Waals surface area contributed by atoms with Crippen LogP contribution in [0.2, 0.25) is 0 Å². The molecule has 0 aliphatic carbocycles. The highest BCUT2D eigenvalue weighted by Gasteiger charge is 2.22. The zero-order valence-corrected chi connectivity index (χ0v) is 18.7. The first kappa shape index (κ1) is 21.3. The Morgan fingerprint density at radius 1 is 1.03 bits per heavy atom. The average molecular weight is 437 g/mol. The average Bonchev–Trinajstić information content (AvgIpc) is 2.81. The summed E-state index contributed by atoms with van der Waals surface area (Å²) in [5.41, 5.74) is 2.29. The highest BCUT2D eigenvalue weighted by Crippen LogP contribution is 2.18. The lowest BCUT2D eigenvalue weighted by atomic mass is 10.1. The zero-order chi connectivity index (χ0) is 21.8. The smallest absolute Gasteiger partial charge is 0.262 e. The third kappa shape index (κ3) is 4.56. The van der Waals surface area contributed by atoms with Crippen LogP contribution in [-0.2, 0) is 6.54 Å². The van der Waals surface area contributed by atoms with Crippen molar-refractivity contribution in [2.45, 2.75) is 32.7 Å². The predicted octanol–water partition coefficient (Wildman–Crippen LogP) is 4.21. The van der Waals surface area contributed by atoms with E-state index in [9.17, 15) is 9.59 Å². The lowest BCUT2D eigenvalue weighted by molar-refractivity contribution is 0.0747. The summed E-state index contributed by atoms with van der Waals surface area (Å²) >= 11 is 5.42. The molecule has 1 fully saturated rings. The quantitative estimate of drug-likeness (QED) is 0.464. The van der Waals surface area contributed by atoms with Gasteiger partial charge in [0.2, 0.25) is 0 Å². The Bertz CT molecular complexity index is 1180. The van der Waals surface area contributed by atoms with E-state index < -0.39 is 0 Å². The molecule has 162 valence electrons. The van der Waals surface area contributed by atoms with Crippen molar-refractivity contribution in [3.8, 4) is 0 Å². The minimum Gasteiger partial charge on any atom is -0.368 e. The van der Waals surface area contributed by atoms with Crippen molar-refractivity contribution in [2.24, 2.45) is 0 Å². The first-order chi connectivity index (χ1) is 15.1. The normalized spacial score (nSPS) is 14.2. The molecule has 1 amide bonds. The maximum Gasteiger partial charge on any atom is 0.262 e. The van der Waals surface area contributed by atoms with Gasteiger partial charge in [-0.1, -0.05) is 38.0 Å². The van der Waals surface area contributed by atoms with Crippen LogP contribution in [0.4, 0.5) is 5.69 Å². The Morgan fingerprint density at radius 2 is 1.77 bits per heavy atom. The molecule has 0 atom stereocenters. The number of benzene rings is 2. The van der Waals surface area contributed by atoms with Gasteiger partial charge in [-0.2, -0.15) is 0 Å². The predicted molar refractivity (Wildman–Crippen MR) is 127 cm³/mol. The van der Waals surface area contributed by atoms with E-state index in [0.29, 0.717) is 40.9 Å². The number of aromatic nitrogens is 2. The number of aromatic amines is 1. The summed E-state index contributed by atoms with van der Waals surface area (Å²) in [5.74, 6) is -0.0129. The molecule has 7 heteroatoms. The summed E-state index contributed by atoms with van der Waals surface area (Å²) in [6.45, 7) is 5.68. The van der Waals surface area contributed by atoms with E-state index in [-0.39, 0.29) is 11.5 Å². The second-order valence-corrected chi connectivity index (χ2v) is 8.36. The number of H-pyrrole nitrogens is 1. The van der Waals surface area contributed by atoms with E-state index in [1.165, 1.54) is 5.69 Å². The molecule has 1 aliphatic heterocycles. The van der Waals surface area contributed by atoms with Crippen LogP contribution in [0.5, 0.6) is 0 Å². The highest BCUT2D eigenvalue weighted by molar-refractivity contribution is 7.71. The summed E-state index contributed by atoms with van der Waals surface area (Å²) in [6, 6.07) is 15.5.